The molecule has 0 radical (unpaired) electrons. The highest BCUT2D eigenvalue weighted by Gasteiger charge is 2.42. The lowest BCUT2D eigenvalue weighted by Gasteiger charge is -2.39. The summed E-state index contributed by atoms with van der Waals surface area (Å²) in [6.07, 6.45) is 4.90. The summed E-state index contributed by atoms with van der Waals surface area (Å²) in [5.74, 6) is 0.504. The molecule has 1 saturated carbocycles. The molecule has 23 heavy (non-hydrogen) atoms. The molecule has 4 atom stereocenters. The van der Waals surface area contributed by atoms with Crippen molar-refractivity contribution >= 4 is 17.5 Å². The number of nitrogens with one attached hydrogen (secondary N) is 1. The van der Waals surface area contributed by atoms with E-state index in [0.717, 1.165) is 29.8 Å². The second-order valence-electron chi connectivity index (χ2n) is 6.46. The van der Waals surface area contributed by atoms with Gasteiger partial charge in [0.1, 0.15) is 0 Å². The third-order valence-corrected chi connectivity index (χ3v) is 5.20. The van der Waals surface area contributed by atoms with Gasteiger partial charge >= 0.3 is 0 Å². The first-order valence-corrected chi connectivity index (χ1v) is 8.74. The number of ether oxygens (including phenoxy) is 2. The van der Waals surface area contributed by atoms with Crippen molar-refractivity contribution in [3.05, 3.63) is 34.9 Å². The average Bonchev–Trinajstić information content (AvgIpc) is 3.02. The fraction of sp³-hybridized carbons (Fsp3) is 0.611. The van der Waals surface area contributed by atoms with Crippen molar-refractivity contribution in [1.29, 1.82) is 0 Å². The van der Waals surface area contributed by atoms with Gasteiger partial charge in [-0.05, 0) is 37.0 Å². The number of fused-ring (bicyclic) bond motifs is 1. The van der Waals surface area contributed by atoms with Crippen LogP contribution in [0, 0.1) is 5.92 Å². The Hall–Kier alpha value is -1.10. The van der Waals surface area contributed by atoms with Crippen LogP contribution in [-0.4, -0.2) is 31.8 Å². The van der Waals surface area contributed by atoms with E-state index in [2.05, 4.69) is 5.32 Å². The van der Waals surface area contributed by atoms with E-state index >= 15 is 0 Å². The molecule has 5 heteroatoms. The van der Waals surface area contributed by atoms with Crippen molar-refractivity contribution < 1.29 is 14.3 Å². The minimum Gasteiger partial charge on any atom is -0.384 e. The predicted octanol–water partition coefficient (Wildman–Crippen LogP) is 3.49. The quantitative estimate of drug-likeness (QED) is 0.894. The van der Waals surface area contributed by atoms with Gasteiger partial charge in [-0.25, -0.2) is 0 Å². The van der Waals surface area contributed by atoms with Gasteiger partial charge in [-0.1, -0.05) is 30.2 Å². The molecule has 0 unspecified atom stereocenters. The highest BCUT2D eigenvalue weighted by Crippen LogP contribution is 2.42. The van der Waals surface area contributed by atoms with E-state index < -0.39 is 0 Å². The molecule has 0 bridgehead atoms. The van der Waals surface area contributed by atoms with Gasteiger partial charge in [-0.2, -0.15) is 0 Å². The van der Waals surface area contributed by atoms with Crippen LogP contribution < -0.4 is 5.32 Å². The van der Waals surface area contributed by atoms with Gasteiger partial charge in [-0.3, -0.25) is 4.79 Å². The summed E-state index contributed by atoms with van der Waals surface area (Å²) in [6, 6.07) is 8.01. The van der Waals surface area contributed by atoms with Crippen LogP contribution in [0.2, 0.25) is 5.02 Å². The van der Waals surface area contributed by atoms with Crippen molar-refractivity contribution in [1.82, 2.24) is 5.32 Å². The monoisotopic (exact) mass is 337 g/mol. The van der Waals surface area contributed by atoms with Gasteiger partial charge in [-0.15, -0.1) is 0 Å². The Labute approximate surface area is 142 Å². The van der Waals surface area contributed by atoms with E-state index in [4.69, 9.17) is 21.1 Å². The van der Waals surface area contributed by atoms with Gasteiger partial charge in [0, 0.05) is 30.5 Å². The van der Waals surface area contributed by atoms with Crippen LogP contribution in [0.15, 0.2) is 24.3 Å². The zero-order valence-electron chi connectivity index (χ0n) is 13.5. The number of hydrogen-bond acceptors (Lipinski definition) is 3. The smallest absolute Gasteiger partial charge is 0.222 e. The van der Waals surface area contributed by atoms with Gasteiger partial charge in [0.25, 0.3) is 0 Å². The topological polar surface area (TPSA) is 47.6 Å². The Bertz CT molecular complexity index is 534. The van der Waals surface area contributed by atoms with Crippen molar-refractivity contribution in [2.45, 2.75) is 50.4 Å². The van der Waals surface area contributed by atoms with Gasteiger partial charge in [0.15, 0.2) is 0 Å². The standard InChI is InChI=1S/C18H24ClNO3/c1-22-10-9-18(21)20-15-11-17(12-5-7-13(19)8-6-12)23-16-4-2-3-14(15)16/h5-8,14-17H,2-4,9-11H2,1H3,(H,20,21)/t14-,15+,16+,17+/m0/s1. The lowest BCUT2D eigenvalue weighted by Crippen LogP contribution is -2.48. The lowest BCUT2D eigenvalue weighted by atomic mass is 9.86. The van der Waals surface area contributed by atoms with E-state index in [-0.39, 0.29) is 24.2 Å². The first-order valence-electron chi connectivity index (χ1n) is 8.36. The van der Waals surface area contributed by atoms with Gasteiger partial charge < -0.3 is 14.8 Å². The second kappa shape index (κ2) is 7.65. The lowest BCUT2D eigenvalue weighted by molar-refractivity contribution is -0.127. The van der Waals surface area contributed by atoms with Crippen LogP contribution >= 0.6 is 11.6 Å². The number of benzene rings is 1. The molecule has 2 fully saturated rings. The minimum absolute atomic E-state index is 0.0272. The number of carbonyl (C=O) groups is 1. The first-order chi connectivity index (χ1) is 11.2. The molecule has 1 amide bonds. The SMILES string of the molecule is COCCC(=O)N[C@@H]1C[C@H](c2ccc(Cl)cc2)O[C@@H]2CCC[C@@H]12. The largest absolute Gasteiger partial charge is 0.384 e. The summed E-state index contributed by atoms with van der Waals surface area (Å²) >= 11 is 5.98. The molecule has 1 aromatic carbocycles. The fourth-order valence-corrected chi connectivity index (χ4v) is 3.91. The number of hydrogen-bond donors (Lipinski definition) is 1. The second-order valence-corrected chi connectivity index (χ2v) is 6.90. The van der Waals surface area contributed by atoms with E-state index in [1.807, 2.05) is 24.3 Å². The van der Waals surface area contributed by atoms with Crippen molar-refractivity contribution in [2.75, 3.05) is 13.7 Å². The zero-order chi connectivity index (χ0) is 16.2. The Morgan fingerprint density at radius 1 is 1.35 bits per heavy atom. The Kier molecular flexibility index (Phi) is 5.57. The first kappa shape index (κ1) is 16.7. The van der Waals surface area contributed by atoms with Crippen LogP contribution in [0.1, 0.15) is 43.8 Å². The third-order valence-electron chi connectivity index (χ3n) is 4.95. The predicted molar refractivity (Wildman–Crippen MR) is 89.4 cm³/mol. The molecule has 0 spiro atoms. The zero-order valence-corrected chi connectivity index (χ0v) is 14.2. The number of carbonyl (C=O) groups excluding carboxylic acids is 1. The summed E-state index contributed by atoms with van der Waals surface area (Å²) in [5, 5.41) is 3.94. The highest BCUT2D eigenvalue weighted by atomic mass is 35.5. The number of rotatable bonds is 5. The highest BCUT2D eigenvalue weighted by molar-refractivity contribution is 6.30. The maximum atomic E-state index is 12.1. The Morgan fingerprint density at radius 3 is 2.87 bits per heavy atom. The molecule has 0 aromatic heterocycles. The van der Waals surface area contributed by atoms with Crippen molar-refractivity contribution in [3.63, 3.8) is 0 Å². The Balaban J connectivity index is 1.69. The summed E-state index contributed by atoms with van der Waals surface area (Å²) in [5.41, 5.74) is 1.14. The molecule has 3 rings (SSSR count). The molecular formula is C18H24ClNO3. The van der Waals surface area contributed by atoms with Crippen molar-refractivity contribution in [3.8, 4) is 0 Å². The van der Waals surface area contributed by atoms with Crippen LogP contribution in [0.3, 0.4) is 0 Å². The normalized spacial score (nSPS) is 30.0. The minimum atomic E-state index is 0.0272. The maximum Gasteiger partial charge on any atom is 0.222 e. The molecule has 1 heterocycles. The molecule has 1 aromatic rings. The van der Waals surface area contributed by atoms with Crippen molar-refractivity contribution in [2.24, 2.45) is 5.92 Å². The Morgan fingerprint density at radius 2 is 2.13 bits per heavy atom. The van der Waals surface area contributed by atoms with E-state index in [0.29, 0.717) is 18.9 Å². The molecule has 2 aliphatic rings. The average molecular weight is 338 g/mol. The van der Waals surface area contributed by atoms with Gasteiger partial charge in [0.2, 0.25) is 5.91 Å². The van der Waals surface area contributed by atoms with Gasteiger partial charge in [0.05, 0.1) is 18.8 Å². The molecule has 1 N–H and O–H groups in total. The number of amides is 1. The van der Waals surface area contributed by atoms with Crippen LogP contribution in [0.25, 0.3) is 0 Å². The molecule has 126 valence electrons. The van der Waals surface area contributed by atoms with E-state index in [1.165, 1.54) is 6.42 Å². The molecule has 1 aliphatic heterocycles. The fourth-order valence-electron chi connectivity index (χ4n) is 3.79. The molecular weight excluding hydrogens is 314 g/mol. The van der Waals surface area contributed by atoms with E-state index in [1.54, 1.807) is 7.11 Å². The number of methoxy groups -OCH3 is 1. The summed E-state index contributed by atoms with van der Waals surface area (Å²) in [7, 11) is 1.62. The summed E-state index contributed by atoms with van der Waals surface area (Å²) in [4.78, 5) is 12.1. The van der Waals surface area contributed by atoms with Crippen LogP contribution in [0.4, 0.5) is 0 Å². The molecule has 4 nitrogen and oxygen atoms in total. The van der Waals surface area contributed by atoms with Crippen LogP contribution in [-0.2, 0) is 14.3 Å². The van der Waals surface area contributed by atoms with E-state index in [9.17, 15) is 4.79 Å². The number of halogens is 1. The summed E-state index contributed by atoms with van der Waals surface area (Å²) < 4.78 is 11.3. The van der Waals surface area contributed by atoms with Crippen LogP contribution in [0.5, 0.6) is 0 Å². The third kappa shape index (κ3) is 4.06. The molecule has 1 aliphatic carbocycles. The molecule has 1 saturated heterocycles. The summed E-state index contributed by atoms with van der Waals surface area (Å²) in [6.45, 7) is 0.462. The maximum absolute atomic E-state index is 12.1.